The van der Waals surface area contributed by atoms with Crippen LogP contribution in [0, 0.1) is 24.7 Å². The van der Waals surface area contributed by atoms with Gasteiger partial charge in [-0.1, -0.05) is 23.7 Å². The third kappa shape index (κ3) is 3.00. The Morgan fingerprint density at radius 3 is 2.25 bits per heavy atom. The molecule has 4 saturated carbocycles. The molecule has 1 amide bonds. The van der Waals surface area contributed by atoms with Crippen molar-refractivity contribution in [3.05, 3.63) is 58.1 Å². The van der Waals surface area contributed by atoms with E-state index in [1.807, 2.05) is 0 Å². The van der Waals surface area contributed by atoms with Crippen molar-refractivity contribution in [2.24, 2.45) is 17.8 Å². The number of halogens is 1. The number of carbonyl (C=O) groups is 1. The third-order valence-corrected chi connectivity index (χ3v) is 7.73. The summed E-state index contributed by atoms with van der Waals surface area (Å²) in [5.74, 6) is 2.64. The third-order valence-electron chi connectivity index (χ3n) is 7.38. The van der Waals surface area contributed by atoms with Crippen molar-refractivity contribution in [2.45, 2.75) is 50.9 Å². The number of nitrogens with two attached hydrogens (primary N) is 1. The maximum Gasteiger partial charge on any atom is 0.255 e. The first-order valence-electron chi connectivity index (χ1n) is 10.4. The predicted octanol–water partition coefficient (Wildman–Crippen LogP) is 5.95. The first kappa shape index (κ1) is 18.1. The normalized spacial score (nSPS) is 30.4. The second-order valence-electron chi connectivity index (χ2n) is 9.42. The molecule has 0 aliphatic heterocycles. The van der Waals surface area contributed by atoms with Gasteiger partial charge in [0.1, 0.15) is 0 Å². The monoisotopic (exact) mass is 394 g/mol. The number of nitrogen functional groups attached to an aromatic ring is 1. The van der Waals surface area contributed by atoms with Crippen LogP contribution in [0.25, 0.3) is 0 Å². The van der Waals surface area contributed by atoms with Crippen LogP contribution in [-0.2, 0) is 5.41 Å². The van der Waals surface area contributed by atoms with Crippen molar-refractivity contribution in [3.8, 4) is 0 Å². The molecule has 4 aliphatic rings. The molecule has 0 heterocycles. The average Bonchev–Trinajstić information content (AvgIpc) is 2.64. The highest BCUT2D eigenvalue weighted by atomic mass is 35.5. The van der Waals surface area contributed by atoms with Crippen LogP contribution in [-0.4, -0.2) is 5.91 Å². The Hall–Kier alpha value is -2.00. The molecule has 4 bridgehead atoms. The minimum Gasteiger partial charge on any atom is -0.398 e. The first-order chi connectivity index (χ1) is 13.4. The topological polar surface area (TPSA) is 55.1 Å². The van der Waals surface area contributed by atoms with Crippen LogP contribution < -0.4 is 11.1 Å². The Morgan fingerprint density at radius 1 is 1.04 bits per heavy atom. The molecule has 4 heteroatoms. The van der Waals surface area contributed by atoms with E-state index in [2.05, 4.69) is 30.4 Å². The van der Waals surface area contributed by atoms with E-state index in [1.165, 1.54) is 44.1 Å². The van der Waals surface area contributed by atoms with Crippen molar-refractivity contribution >= 4 is 28.9 Å². The van der Waals surface area contributed by atoms with Gasteiger partial charge in [-0.2, -0.15) is 0 Å². The number of hydrogen-bond donors (Lipinski definition) is 2. The Labute approximate surface area is 171 Å². The zero-order valence-electron chi connectivity index (χ0n) is 16.3. The van der Waals surface area contributed by atoms with Crippen molar-refractivity contribution in [3.63, 3.8) is 0 Å². The summed E-state index contributed by atoms with van der Waals surface area (Å²) in [7, 11) is 0. The van der Waals surface area contributed by atoms with Gasteiger partial charge in [-0.3, -0.25) is 4.79 Å². The lowest BCUT2D eigenvalue weighted by Crippen LogP contribution is -2.48. The molecule has 0 saturated heterocycles. The standard InChI is InChI=1S/C24H27ClN2O/c1-14-6-19(24-11-15-7-16(12-24)9-17(8-15)13-24)3-5-22(14)27-23(28)18-2-4-20(25)21(26)10-18/h2-6,10,15-17H,7-9,11-13,26H2,1H3,(H,27,28). The van der Waals surface area contributed by atoms with Gasteiger partial charge in [-0.25, -0.2) is 0 Å². The van der Waals surface area contributed by atoms with Gasteiger partial charge < -0.3 is 11.1 Å². The van der Waals surface area contributed by atoms with Crippen LogP contribution >= 0.6 is 11.6 Å². The van der Waals surface area contributed by atoms with E-state index in [4.69, 9.17) is 17.3 Å². The summed E-state index contributed by atoms with van der Waals surface area (Å²) in [6.45, 7) is 2.09. The summed E-state index contributed by atoms with van der Waals surface area (Å²) < 4.78 is 0. The summed E-state index contributed by atoms with van der Waals surface area (Å²) >= 11 is 5.96. The number of rotatable bonds is 3. The van der Waals surface area contributed by atoms with Crippen LogP contribution in [0.3, 0.4) is 0 Å². The second kappa shape index (κ2) is 6.52. The quantitative estimate of drug-likeness (QED) is 0.632. The van der Waals surface area contributed by atoms with Gasteiger partial charge in [0.25, 0.3) is 5.91 Å². The molecule has 3 nitrogen and oxygen atoms in total. The predicted molar refractivity (Wildman–Crippen MR) is 115 cm³/mol. The highest BCUT2D eigenvalue weighted by Gasteiger charge is 2.51. The molecule has 2 aromatic rings. The highest BCUT2D eigenvalue weighted by molar-refractivity contribution is 6.33. The van der Waals surface area contributed by atoms with E-state index < -0.39 is 0 Å². The smallest absolute Gasteiger partial charge is 0.255 e. The van der Waals surface area contributed by atoms with E-state index >= 15 is 0 Å². The molecule has 0 unspecified atom stereocenters. The van der Waals surface area contributed by atoms with E-state index in [1.54, 1.807) is 18.2 Å². The molecule has 2 aromatic carbocycles. The lowest BCUT2D eigenvalue weighted by Gasteiger charge is -2.57. The summed E-state index contributed by atoms with van der Waals surface area (Å²) in [6, 6.07) is 11.6. The van der Waals surface area contributed by atoms with Gasteiger partial charge in [0.2, 0.25) is 0 Å². The molecule has 0 atom stereocenters. The summed E-state index contributed by atoms with van der Waals surface area (Å²) in [5.41, 5.74) is 10.6. The lowest BCUT2D eigenvalue weighted by atomic mass is 9.48. The summed E-state index contributed by atoms with van der Waals surface area (Å²) in [4.78, 5) is 12.6. The van der Waals surface area contributed by atoms with Crippen LogP contribution in [0.2, 0.25) is 5.02 Å². The van der Waals surface area contributed by atoms with Gasteiger partial charge >= 0.3 is 0 Å². The van der Waals surface area contributed by atoms with E-state index in [-0.39, 0.29) is 5.91 Å². The number of nitrogens with one attached hydrogen (secondary N) is 1. The molecular weight excluding hydrogens is 368 g/mol. The Bertz CT molecular complexity index is 916. The van der Waals surface area contributed by atoms with E-state index in [9.17, 15) is 4.79 Å². The molecule has 146 valence electrons. The Balaban J connectivity index is 1.38. The van der Waals surface area contributed by atoms with E-state index in [0.717, 1.165) is 29.0 Å². The van der Waals surface area contributed by atoms with Gasteiger partial charge in [-0.05, 0) is 104 Å². The second-order valence-corrected chi connectivity index (χ2v) is 9.83. The minimum absolute atomic E-state index is 0.158. The number of aryl methyl sites for hydroxylation is 1. The molecule has 4 fully saturated rings. The number of carbonyl (C=O) groups excluding carboxylic acids is 1. The summed E-state index contributed by atoms with van der Waals surface area (Å²) in [6.07, 6.45) is 8.43. The molecule has 4 aliphatic carbocycles. The maximum absolute atomic E-state index is 12.6. The maximum atomic E-state index is 12.6. The zero-order chi connectivity index (χ0) is 19.5. The van der Waals surface area contributed by atoms with Gasteiger partial charge in [0.15, 0.2) is 0 Å². The Morgan fingerprint density at radius 2 is 1.68 bits per heavy atom. The van der Waals surface area contributed by atoms with Crippen molar-refractivity contribution in [1.29, 1.82) is 0 Å². The van der Waals surface area contributed by atoms with Gasteiger partial charge in [0.05, 0.1) is 10.7 Å². The fourth-order valence-corrected chi connectivity index (χ4v) is 6.60. The van der Waals surface area contributed by atoms with Crippen LogP contribution in [0.1, 0.15) is 60.0 Å². The molecule has 3 N–H and O–H groups in total. The molecule has 0 radical (unpaired) electrons. The number of benzene rings is 2. The van der Waals surface area contributed by atoms with Gasteiger partial charge in [-0.15, -0.1) is 0 Å². The van der Waals surface area contributed by atoms with Crippen LogP contribution in [0.5, 0.6) is 0 Å². The van der Waals surface area contributed by atoms with E-state index in [0.29, 0.717) is 21.7 Å². The summed E-state index contributed by atoms with van der Waals surface area (Å²) in [5, 5.41) is 3.50. The Kier molecular flexibility index (Phi) is 4.20. The SMILES string of the molecule is Cc1cc(C23CC4CC(CC(C4)C2)C3)ccc1NC(=O)c1ccc(Cl)c(N)c1. The molecule has 0 aromatic heterocycles. The largest absolute Gasteiger partial charge is 0.398 e. The van der Waals surface area contributed by atoms with Crippen molar-refractivity contribution in [2.75, 3.05) is 11.1 Å². The molecule has 28 heavy (non-hydrogen) atoms. The lowest BCUT2D eigenvalue weighted by molar-refractivity contribution is -0.00520. The molecule has 0 spiro atoms. The van der Waals surface area contributed by atoms with Gasteiger partial charge in [0, 0.05) is 11.3 Å². The zero-order valence-corrected chi connectivity index (χ0v) is 17.1. The van der Waals surface area contributed by atoms with Crippen molar-refractivity contribution in [1.82, 2.24) is 0 Å². The first-order valence-corrected chi connectivity index (χ1v) is 10.8. The number of amides is 1. The fraction of sp³-hybridized carbons (Fsp3) is 0.458. The number of anilines is 2. The molecule has 6 rings (SSSR count). The average molecular weight is 395 g/mol. The van der Waals surface area contributed by atoms with Crippen molar-refractivity contribution < 1.29 is 4.79 Å². The van der Waals surface area contributed by atoms with Crippen LogP contribution in [0.15, 0.2) is 36.4 Å². The highest BCUT2D eigenvalue weighted by Crippen LogP contribution is 2.60. The minimum atomic E-state index is -0.158. The number of hydrogen-bond acceptors (Lipinski definition) is 2. The molecular formula is C24H27ClN2O. The van der Waals surface area contributed by atoms with Crippen LogP contribution in [0.4, 0.5) is 11.4 Å². The fourth-order valence-electron chi connectivity index (χ4n) is 6.48.